The van der Waals surface area contributed by atoms with Gasteiger partial charge in [-0.25, -0.2) is 8.42 Å². The van der Waals surface area contributed by atoms with E-state index in [0.29, 0.717) is 11.5 Å². The second-order valence-electron chi connectivity index (χ2n) is 4.31. The zero-order valence-electron chi connectivity index (χ0n) is 11.4. The average Bonchev–Trinajstić information content (AvgIpc) is 3.02. The van der Waals surface area contributed by atoms with E-state index in [9.17, 15) is 13.2 Å². The first kappa shape index (κ1) is 15.3. The first-order valence-electron chi connectivity index (χ1n) is 5.90. The Morgan fingerprint density at radius 1 is 1.52 bits per heavy atom. The number of rotatable bonds is 5. The molecule has 0 radical (unpaired) electrons. The summed E-state index contributed by atoms with van der Waals surface area (Å²) in [6, 6.07) is 0. The molecule has 2 heterocycles. The Balaban J connectivity index is 2.41. The number of amides is 1. The number of thiophene rings is 1. The van der Waals surface area contributed by atoms with Crippen molar-refractivity contribution in [2.75, 3.05) is 24.4 Å². The number of nitrogens with one attached hydrogen (secondary N) is 3. The van der Waals surface area contributed by atoms with Gasteiger partial charge in [0, 0.05) is 31.6 Å². The molecule has 2 aromatic heterocycles. The summed E-state index contributed by atoms with van der Waals surface area (Å²) in [5, 5.41) is 12.2. The van der Waals surface area contributed by atoms with Crippen LogP contribution in [0.5, 0.6) is 0 Å². The van der Waals surface area contributed by atoms with E-state index < -0.39 is 15.7 Å². The normalized spacial score (nSPS) is 11.3. The van der Waals surface area contributed by atoms with Gasteiger partial charge in [0.25, 0.3) is 5.91 Å². The Morgan fingerprint density at radius 2 is 2.24 bits per heavy atom. The lowest BCUT2D eigenvalue weighted by atomic mass is 10.3. The smallest absolute Gasteiger partial charge is 0.263 e. The molecule has 114 valence electrons. The third-order valence-corrected chi connectivity index (χ3v) is 5.17. The van der Waals surface area contributed by atoms with E-state index in [4.69, 9.17) is 5.73 Å². The van der Waals surface area contributed by atoms with Gasteiger partial charge in [-0.05, 0) is 0 Å². The van der Waals surface area contributed by atoms with Crippen molar-refractivity contribution in [3.63, 3.8) is 0 Å². The van der Waals surface area contributed by atoms with Gasteiger partial charge < -0.3 is 16.4 Å². The third-order valence-electron chi connectivity index (χ3n) is 2.71. The molecule has 0 fully saturated rings. The number of anilines is 2. The highest BCUT2D eigenvalue weighted by molar-refractivity contribution is 7.91. The Labute approximate surface area is 125 Å². The van der Waals surface area contributed by atoms with Crippen LogP contribution in [-0.2, 0) is 16.4 Å². The third kappa shape index (κ3) is 3.16. The van der Waals surface area contributed by atoms with E-state index in [1.54, 1.807) is 12.4 Å². The largest absolute Gasteiger partial charge is 0.396 e. The van der Waals surface area contributed by atoms with Gasteiger partial charge in [-0.3, -0.25) is 9.89 Å². The summed E-state index contributed by atoms with van der Waals surface area (Å²) in [7, 11) is -2.10. The molecule has 0 aliphatic carbocycles. The summed E-state index contributed by atoms with van der Waals surface area (Å²) in [5.41, 5.74) is 6.65. The number of sulfone groups is 1. The van der Waals surface area contributed by atoms with Gasteiger partial charge in [0.15, 0.2) is 9.84 Å². The molecule has 0 aliphatic heterocycles. The van der Waals surface area contributed by atoms with Crippen LogP contribution in [0.25, 0.3) is 0 Å². The van der Waals surface area contributed by atoms with E-state index in [0.717, 1.165) is 23.2 Å². The summed E-state index contributed by atoms with van der Waals surface area (Å²) < 4.78 is 23.8. The van der Waals surface area contributed by atoms with Crippen molar-refractivity contribution in [1.29, 1.82) is 0 Å². The van der Waals surface area contributed by atoms with Crippen LogP contribution in [-0.4, -0.2) is 37.8 Å². The van der Waals surface area contributed by atoms with Gasteiger partial charge in [-0.2, -0.15) is 5.10 Å². The van der Waals surface area contributed by atoms with Crippen LogP contribution < -0.4 is 16.4 Å². The molecule has 0 spiro atoms. The highest BCUT2D eigenvalue weighted by Gasteiger charge is 2.26. The van der Waals surface area contributed by atoms with E-state index in [2.05, 4.69) is 20.8 Å². The molecular weight excluding hydrogens is 314 g/mol. The summed E-state index contributed by atoms with van der Waals surface area (Å²) in [4.78, 5) is 11.9. The maximum Gasteiger partial charge on any atom is 0.263 e. The number of nitrogens with two attached hydrogens (primary N) is 1. The second-order valence-corrected chi connectivity index (χ2v) is 7.29. The molecule has 1 amide bonds. The Morgan fingerprint density at radius 3 is 2.76 bits per heavy atom. The Bertz CT molecular complexity index is 749. The molecule has 2 rings (SSSR count). The molecule has 8 nitrogen and oxygen atoms in total. The second kappa shape index (κ2) is 5.74. The molecule has 21 heavy (non-hydrogen) atoms. The minimum atomic E-state index is -3.56. The van der Waals surface area contributed by atoms with Crippen molar-refractivity contribution >= 4 is 37.8 Å². The molecule has 0 atom stereocenters. The van der Waals surface area contributed by atoms with Crippen LogP contribution in [0.3, 0.4) is 0 Å². The van der Waals surface area contributed by atoms with Crippen molar-refractivity contribution in [3.05, 3.63) is 22.8 Å². The van der Waals surface area contributed by atoms with Gasteiger partial charge in [0.1, 0.15) is 14.8 Å². The van der Waals surface area contributed by atoms with Crippen molar-refractivity contribution in [2.45, 2.75) is 11.4 Å². The highest BCUT2D eigenvalue weighted by Crippen LogP contribution is 2.39. The maximum absolute atomic E-state index is 11.9. The number of nitrogen functional groups attached to an aromatic ring is 1. The van der Waals surface area contributed by atoms with Gasteiger partial charge >= 0.3 is 0 Å². The Kier molecular flexibility index (Phi) is 4.19. The molecule has 0 bridgehead atoms. The molecule has 0 aromatic carbocycles. The molecule has 0 aliphatic rings. The molecule has 0 unspecified atom stereocenters. The number of H-pyrrole nitrogens is 1. The lowest BCUT2D eigenvalue weighted by molar-refractivity contribution is 0.0968. The van der Waals surface area contributed by atoms with Gasteiger partial charge in [-0.15, -0.1) is 11.3 Å². The number of aromatic nitrogens is 2. The van der Waals surface area contributed by atoms with Gasteiger partial charge in [-0.1, -0.05) is 0 Å². The van der Waals surface area contributed by atoms with Crippen LogP contribution in [0.1, 0.15) is 15.2 Å². The molecule has 10 heteroatoms. The van der Waals surface area contributed by atoms with E-state index in [1.165, 1.54) is 7.05 Å². The van der Waals surface area contributed by atoms with Crippen molar-refractivity contribution in [2.24, 2.45) is 0 Å². The molecule has 5 N–H and O–H groups in total. The minimum absolute atomic E-state index is 0.0310. The van der Waals surface area contributed by atoms with Crippen LogP contribution in [0.4, 0.5) is 10.7 Å². The van der Waals surface area contributed by atoms with Crippen molar-refractivity contribution in [1.82, 2.24) is 15.5 Å². The lowest BCUT2D eigenvalue weighted by Crippen LogP contribution is -2.18. The van der Waals surface area contributed by atoms with E-state index in [1.807, 2.05) is 0 Å². The fraction of sp³-hybridized carbons (Fsp3) is 0.273. The molecular formula is C11H15N5O3S2. The predicted molar refractivity (Wildman–Crippen MR) is 81.1 cm³/mol. The molecule has 2 aromatic rings. The molecule has 0 saturated carbocycles. The molecule has 0 saturated heterocycles. The summed E-state index contributed by atoms with van der Waals surface area (Å²) in [6.07, 6.45) is 4.36. The first-order chi connectivity index (χ1) is 9.84. The predicted octanol–water partition coefficient (Wildman–Crippen LogP) is 0.429. The number of carbonyl (C=O) groups is 1. The number of hydrogen-bond acceptors (Lipinski definition) is 7. The maximum atomic E-state index is 11.9. The quantitative estimate of drug-likeness (QED) is 0.629. The van der Waals surface area contributed by atoms with Gasteiger partial charge in [0.05, 0.1) is 11.9 Å². The fourth-order valence-corrected chi connectivity index (χ4v) is 4.26. The SMILES string of the molecule is CNC(=O)c1sc(NCc2cn[nH]c2)c(S(C)(=O)=O)c1N. The van der Waals surface area contributed by atoms with Crippen LogP contribution in [0.15, 0.2) is 17.3 Å². The zero-order valence-corrected chi connectivity index (χ0v) is 13.1. The topological polar surface area (TPSA) is 130 Å². The van der Waals surface area contributed by atoms with Crippen LogP contribution >= 0.6 is 11.3 Å². The number of aromatic amines is 1. The first-order valence-corrected chi connectivity index (χ1v) is 8.61. The van der Waals surface area contributed by atoms with E-state index in [-0.39, 0.29) is 15.5 Å². The van der Waals surface area contributed by atoms with Crippen LogP contribution in [0.2, 0.25) is 0 Å². The number of carbonyl (C=O) groups excluding carboxylic acids is 1. The monoisotopic (exact) mass is 329 g/mol. The number of nitrogens with zero attached hydrogens (tertiary/aromatic N) is 1. The minimum Gasteiger partial charge on any atom is -0.396 e. The summed E-state index contributed by atoms with van der Waals surface area (Å²) in [5.74, 6) is -0.418. The lowest BCUT2D eigenvalue weighted by Gasteiger charge is -2.05. The average molecular weight is 329 g/mol. The zero-order chi connectivity index (χ0) is 15.6. The van der Waals surface area contributed by atoms with E-state index >= 15 is 0 Å². The van der Waals surface area contributed by atoms with Crippen molar-refractivity contribution < 1.29 is 13.2 Å². The number of hydrogen-bond donors (Lipinski definition) is 4. The van der Waals surface area contributed by atoms with Crippen LogP contribution in [0, 0.1) is 0 Å². The summed E-state index contributed by atoms with van der Waals surface area (Å²) >= 11 is 1.01. The van der Waals surface area contributed by atoms with Gasteiger partial charge in [0.2, 0.25) is 0 Å². The fourth-order valence-electron chi connectivity index (χ4n) is 1.75. The summed E-state index contributed by atoms with van der Waals surface area (Å²) in [6.45, 7) is 0.367. The highest BCUT2D eigenvalue weighted by atomic mass is 32.2. The Hall–Kier alpha value is -2.07. The standard InChI is InChI=1S/C11H15N5O3S2/c1-13-10(17)8-7(12)9(21(2,18)19)11(20-8)14-3-6-4-15-16-5-6/h4-5,14H,3,12H2,1-2H3,(H,13,17)(H,15,16). The van der Waals surface area contributed by atoms with Crippen molar-refractivity contribution in [3.8, 4) is 0 Å².